The molecule has 2 heteroatoms. The summed E-state index contributed by atoms with van der Waals surface area (Å²) in [5, 5.41) is 0. The number of nitrogens with zero attached hydrogens (tertiary/aromatic N) is 1. The Morgan fingerprint density at radius 1 is 0.909 bits per heavy atom. The summed E-state index contributed by atoms with van der Waals surface area (Å²) in [5.74, 6) is 0.591. The second-order valence-corrected chi connectivity index (χ2v) is 6.02. The first-order valence-corrected chi connectivity index (χ1v) is 9.11. The van der Waals surface area contributed by atoms with E-state index in [1.54, 1.807) is 0 Å². The highest BCUT2D eigenvalue weighted by atomic mass is 31.0. The smallest absolute Gasteiger partial charge is 0.0429 e. The molecule has 0 amide bonds. The normalized spacial score (nSPS) is 10.1. The fourth-order valence-corrected chi connectivity index (χ4v) is 2.64. The van der Waals surface area contributed by atoms with Crippen LogP contribution in [0.1, 0.15) is 44.7 Å². The summed E-state index contributed by atoms with van der Waals surface area (Å²) in [6, 6.07) is 19.7. The summed E-state index contributed by atoms with van der Waals surface area (Å²) in [6.45, 7) is 10.5. The molecule has 22 heavy (non-hydrogen) atoms. The lowest BCUT2D eigenvalue weighted by atomic mass is 10.0. The number of anilines is 1. The van der Waals surface area contributed by atoms with E-state index in [0.717, 1.165) is 19.3 Å². The molecule has 1 unspecified atom stereocenters. The van der Waals surface area contributed by atoms with Crippen molar-refractivity contribution >= 4 is 14.9 Å². The van der Waals surface area contributed by atoms with E-state index in [4.69, 9.17) is 0 Å². The highest BCUT2D eigenvalue weighted by molar-refractivity contribution is 7.16. The number of rotatable bonds is 6. The fourth-order valence-electron chi connectivity index (χ4n) is 2.33. The Kier molecular flexibility index (Phi) is 8.85. The molecule has 1 nitrogen and oxygen atoms in total. The van der Waals surface area contributed by atoms with Crippen LogP contribution in [0.25, 0.3) is 0 Å². The quantitative estimate of drug-likeness (QED) is 0.616. The maximum absolute atomic E-state index is 2.82. The van der Waals surface area contributed by atoms with Crippen molar-refractivity contribution in [3.63, 3.8) is 0 Å². The van der Waals surface area contributed by atoms with Crippen LogP contribution < -0.4 is 4.90 Å². The molecule has 0 aliphatic carbocycles. The summed E-state index contributed by atoms with van der Waals surface area (Å²) < 4.78 is 0. The van der Waals surface area contributed by atoms with E-state index in [0.29, 0.717) is 5.92 Å². The molecule has 0 aliphatic heterocycles. The van der Waals surface area contributed by atoms with E-state index >= 15 is 0 Å². The molecule has 0 fully saturated rings. The van der Waals surface area contributed by atoms with Gasteiger partial charge in [-0.3, -0.25) is 0 Å². The highest BCUT2D eigenvalue weighted by Crippen LogP contribution is 2.21. The predicted molar refractivity (Wildman–Crippen MR) is 104 cm³/mol. The van der Waals surface area contributed by atoms with Crippen LogP contribution in [0, 0.1) is 0 Å². The van der Waals surface area contributed by atoms with Crippen molar-refractivity contribution in [2.45, 2.75) is 40.2 Å². The van der Waals surface area contributed by atoms with Crippen molar-refractivity contribution in [1.29, 1.82) is 0 Å². The number of hydrogen-bond acceptors (Lipinski definition) is 1. The van der Waals surface area contributed by atoms with Gasteiger partial charge in [0.05, 0.1) is 0 Å². The summed E-state index contributed by atoms with van der Waals surface area (Å²) in [6.07, 6.45) is 1.08. The third-order valence-corrected chi connectivity index (χ3v) is 3.80. The SMILES string of the molecule is CC.CC(C)c1ccc(N(CCP)Cc2ccccc2)cc1. The minimum absolute atomic E-state index is 0.591. The molecular formula is C20H30NP. The maximum atomic E-state index is 2.82. The van der Waals surface area contributed by atoms with Gasteiger partial charge in [0.2, 0.25) is 0 Å². The lowest BCUT2D eigenvalue weighted by molar-refractivity contribution is 0.832. The minimum Gasteiger partial charge on any atom is -0.367 e. The summed E-state index contributed by atoms with van der Waals surface area (Å²) in [5.41, 5.74) is 4.07. The molecule has 0 aromatic heterocycles. The molecule has 2 rings (SSSR count). The lowest BCUT2D eigenvalue weighted by Gasteiger charge is -2.25. The van der Waals surface area contributed by atoms with Gasteiger partial charge in [-0.25, -0.2) is 0 Å². The fraction of sp³-hybridized carbons (Fsp3) is 0.400. The number of hydrogen-bond donors (Lipinski definition) is 0. The molecule has 0 saturated heterocycles. The average Bonchev–Trinajstić information content (AvgIpc) is 2.57. The van der Waals surface area contributed by atoms with Crippen LogP contribution in [0.4, 0.5) is 5.69 Å². The molecule has 0 heterocycles. The van der Waals surface area contributed by atoms with Gasteiger partial charge < -0.3 is 4.90 Å². The Morgan fingerprint density at radius 3 is 2.00 bits per heavy atom. The summed E-state index contributed by atoms with van der Waals surface area (Å²) in [7, 11) is 2.82. The largest absolute Gasteiger partial charge is 0.367 e. The molecule has 2 aromatic rings. The first kappa shape index (κ1) is 18.7. The molecule has 0 saturated carbocycles. The van der Waals surface area contributed by atoms with Gasteiger partial charge in [-0.2, -0.15) is 0 Å². The van der Waals surface area contributed by atoms with Crippen molar-refractivity contribution in [2.75, 3.05) is 17.6 Å². The second-order valence-electron chi connectivity index (χ2n) is 5.44. The zero-order valence-electron chi connectivity index (χ0n) is 14.4. The van der Waals surface area contributed by atoms with Gasteiger partial charge in [-0.1, -0.05) is 70.2 Å². The molecule has 0 bridgehead atoms. The zero-order chi connectivity index (χ0) is 16.4. The third-order valence-electron chi connectivity index (χ3n) is 3.54. The Balaban J connectivity index is 0.00000116. The van der Waals surface area contributed by atoms with Crippen LogP contribution in [0.15, 0.2) is 54.6 Å². The first-order chi connectivity index (χ1) is 10.7. The molecular weight excluding hydrogens is 285 g/mol. The Hall–Kier alpha value is -1.33. The predicted octanol–water partition coefficient (Wildman–Crippen LogP) is 5.72. The standard InChI is InChI=1S/C18H24NP.C2H6/c1-15(2)17-8-10-18(11-9-17)19(12-13-20)14-16-6-4-3-5-7-16;1-2/h3-11,15H,12-14,20H2,1-2H3;1-2H3. The van der Waals surface area contributed by atoms with Gasteiger partial charge in [0.1, 0.15) is 0 Å². The van der Waals surface area contributed by atoms with Crippen LogP contribution in [0.2, 0.25) is 0 Å². The Labute approximate surface area is 139 Å². The van der Waals surface area contributed by atoms with Gasteiger partial charge in [0, 0.05) is 18.8 Å². The number of benzene rings is 2. The molecule has 0 N–H and O–H groups in total. The summed E-state index contributed by atoms with van der Waals surface area (Å²) >= 11 is 0. The Bertz CT molecular complexity index is 505. The van der Waals surface area contributed by atoms with Gasteiger partial charge in [0.25, 0.3) is 0 Å². The molecule has 120 valence electrons. The van der Waals surface area contributed by atoms with Crippen molar-refractivity contribution in [1.82, 2.24) is 0 Å². The minimum atomic E-state index is 0.591. The van der Waals surface area contributed by atoms with Gasteiger partial charge in [-0.15, -0.1) is 9.24 Å². The molecule has 0 spiro atoms. The van der Waals surface area contributed by atoms with E-state index < -0.39 is 0 Å². The Morgan fingerprint density at radius 2 is 1.50 bits per heavy atom. The van der Waals surface area contributed by atoms with Crippen LogP contribution >= 0.6 is 9.24 Å². The van der Waals surface area contributed by atoms with Gasteiger partial charge in [-0.05, 0) is 35.3 Å². The van der Waals surface area contributed by atoms with Gasteiger partial charge >= 0.3 is 0 Å². The zero-order valence-corrected chi connectivity index (χ0v) is 15.6. The van der Waals surface area contributed by atoms with Crippen molar-refractivity contribution in [3.8, 4) is 0 Å². The van der Waals surface area contributed by atoms with Crippen molar-refractivity contribution in [2.24, 2.45) is 0 Å². The maximum Gasteiger partial charge on any atom is 0.0429 e. The second kappa shape index (κ2) is 10.4. The van der Waals surface area contributed by atoms with Crippen molar-refractivity contribution in [3.05, 3.63) is 65.7 Å². The van der Waals surface area contributed by atoms with E-state index in [1.807, 2.05) is 13.8 Å². The van der Waals surface area contributed by atoms with Crippen LogP contribution in [0.3, 0.4) is 0 Å². The first-order valence-electron chi connectivity index (χ1n) is 8.29. The third kappa shape index (κ3) is 5.81. The monoisotopic (exact) mass is 315 g/mol. The average molecular weight is 315 g/mol. The molecule has 1 atom stereocenters. The van der Waals surface area contributed by atoms with E-state index in [2.05, 4.69) is 82.6 Å². The van der Waals surface area contributed by atoms with Crippen molar-refractivity contribution < 1.29 is 0 Å². The van der Waals surface area contributed by atoms with E-state index in [1.165, 1.54) is 16.8 Å². The van der Waals surface area contributed by atoms with E-state index in [9.17, 15) is 0 Å². The topological polar surface area (TPSA) is 3.24 Å². The highest BCUT2D eigenvalue weighted by Gasteiger charge is 2.07. The van der Waals surface area contributed by atoms with Crippen LogP contribution in [-0.2, 0) is 6.54 Å². The lowest BCUT2D eigenvalue weighted by Crippen LogP contribution is -2.24. The molecule has 0 aliphatic rings. The van der Waals surface area contributed by atoms with E-state index in [-0.39, 0.29) is 0 Å². The van der Waals surface area contributed by atoms with Crippen LogP contribution in [0.5, 0.6) is 0 Å². The summed E-state index contributed by atoms with van der Waals surface area (Å²) in [4.78, 5) is 2.44. The molecule has 0 radical (unpaired) electrons. The van der Waals surface area contributed by atoms with Crippen LogP contribution in [-0.4, -0.2) is 12.7 Å². The molecule has 2 aromatic carbocycles. The van der Waals surface area contributed by atoms with Gasteiger partial charge in [0.15, 0.2) is 0 Å².